The zero-order chi connectivity index (χ0) is 18.2. The van der Waals surface area contributed by atoms with Crippen LogP contribution in [0.3, 0.4) is 0 Å². The van der Waals surface area contributed by atoms with Gasteiger partial charge in [-0.15, -0.1) is 0 Å². The molecule has 1 aromatic carbocycles. The molecular weight excluding hydrogens is 350 g/mol. The quantitative estimate of drug-likeness (QED) is 0.800. The van der Waals surface area contributed by atoms with Gasteiger partial charge in [-0.25, -0.2) is 8.42 Å². The summed E-state index contributed by atoms with van der Waals surface area (Å²) in [5.74, 6) is 0. The molecule has 4 rings (SSSR count). The normalized spacial score (nSPS) is 25.0. The number of pyridine rings is 1. The summed E-state index contributed by atoms with van der Waals surface area (Å²) in [7, 11) is -1.89. The molecule has 7 heteroatoms. The Balaban J connectivity index is 1.68. The first-order valence-corrected chi connectivity index (χ1v) is 10.2. The van der Waals surface area contributed by atoms with Gasteiger partial charge < -0.3 is 4.74 Å². The maximum atomic E-state index is 13.2. The Morgan fingerprint density at radius 1 is 1.19 bits per heavy atom. The van der Waals surface area contributed by atoms with E-state index in [1.807, 2.05) is 24.3 Å². The molecule has 1 spiro atoms. The predicted molar refractivity (Wildman–Crippen MR) is 98.0 cm³/mol. The maximum Gasteiger partial charge on any atom is 0.244 e. The maximum absolute atomic E-state index is 13.2. The van der Waals surface area contributed by atoms with Gasteiger partial charge in [-0.1, -0.05) is 18.2 Å². The van der Waals surface area contributed by atoms with Gasteiger partial charge in [0.2, 0.25) is 10.0 Å². The van der Waals surface area contributed by atoms with E-state index in [1.165, 1.54) is 5.56 Å². The molecule has 2 aliphatic rings. The fourth-order valence-electron chi connectivity index (χ4n) is 4.24. The first-order valence-electron chi connectivity index (χ1n) is 8.80. The van der Waals surface area contributed by atoms with Crippen LogP contribution in [0.25, 0.3) is 0 Å². The highest BCUT2D eigenvalue weighted by atomic mass is 32.2. The Hall–Kier alpha value is -1.80. The van der Waals surface area contributed by atoms with Crippen LogP contribution in [-0.4, -0.2) is 56.0 Å². The monoisotopic (exact) mass is 373 g/mol. The molecule has 2 aromatic rings. The van der Waals surface area contributed by atoms with Crippen LogP contribution in [0.2, 0.25) is 0 Å². The van der Waals surface area contributed by atoms with Crippen molar-refractivity contribution < 1.29 is 13.2 Å². The van der Waals surface area contributed by atoms with Crippen LogP contribution < -0.4 is 0 Å². The SMILES string of the molecule is COCCN1C2(CCN(Cc3ccncc3)C2)c2ccccc2S1(=O)=O. The molecule has 1 fully saturated rings. The number of rotatable bonds is 5. The van der Waals surface area contributed by atoms with Crippen LogP contribution >= 0.6 is 0 Å². The summed E-state index contributed by atoms with van der Waals surface area (Å²) in [6.07, 6.45) is 4.38. The minimum absolute atomic E-state index is 0.372. The Bertz CT molecular complexity index is 888. The number of methoxy groups -OCH3 is 1. The molecule has 0 N–H and O–H groups in total. The molecule has 2 aliphatic heterocycles. The van der Waals surface area contributed by atoms with E-state index in [9.17, 15) is 8.42 Å². The molecular formula is C19H23N3O3S. The van der Waals surface area contributed by atoms with Gasteiger partial charge in [0.15, 0.2) is 0 Å². The lowest BCUT2D eigenvalue weighted by atomic mass is 9.89. The number of likely N-dealkylation sites (tertiary alicyclic amines) is 1. The van der Waals surface area contributed by atoms with E-state index < -0.39 is 15.6 Å². The van der Waals surface area contributed by atoms with Crippen LogP contribution in [0, 0.1) is 0 Å². The average Bonchev–Trinajstić information content (AvgIpc) is 3.14. The first kappa shape index (κ1) is 17.6. The average molecular weight is 373 g/mol. The van der Waals surface area contributed by atoms with Crippen molar-refractivity contribution >= 4 is 10.0 Å². The molecule has 0 amide bonds. The van der Waals surface area contributed by atoms with Crippen molar-refractivity contribution in [2.24, 2.45) is 0 Å². The van der Waals surface area contributed by atoms with Crippen molar-refractivity contribution in [2.75, 3.05) is 33.4 Å². The van der Waals surface area contributed by atoms with Crippen LogP contribution in [0.5, 0.6) is 0 Å². The smallest absolute Gasteiger partial charge is 0.244 e. The van der Waals surface area contributed by atoms with Crippen molar-refractivity contribution in [3.05, 3.63) is 59.9 Å². The number of hydrogen-bond acceptors (Lipinski definition) is 5. The minimum atomic E-state index is -3.49. The van der Waals surface area contributed by atoms with E-state index >= 15 is 0 Å². The zero-order valence-corrected chi connectivity index (χ0v) is 15.7. The molecule has 1 saturated heterocycles. The van der Waals surface area contributed by atoms with Crippen molar-refractivity contribution in [3.63, 3.8) is 0 Å². The number of sulfonamides is 1. The summed E-state index contributed by atoms with van der Waals surface area (Å²) in [5, 5.41) is 0. The van der Waals surface area contributed by atoms with Crippen LogP contribution in [0.4, 0.5) is 0 Å². The molecule has 0 radical (unpaired) electrons. The van der Waals surface area contributed by atoms with Crippen molar-refractivity contribution in [1.29, 1.82) is 0 Å². The Morgan fingerprint density at radius 3 is 2.73 bits per heavy atom. The van der Waals surface area contributed by atoms with E-state index in [-0.39, 0.29) is 0 Å². The third-order valence-corrected chi connectivity index (χ3v) is 7.44. The van der Waals surface area contributed by atoms with E-state index in [1.54, 1.807) is 35.9 Å². The van der Waals surface area contributed by atoms with E-state index in [2.05, 4.69) is 9.88 Å². The second-order valence-electron chi connectivity index (χ2n) is 6.91. The van der Waals surface area contributed by atoms with Crippen molar-refractivity contribution in [2.45, 2.75) is 23.4 Å². The van der Waals surface area contributed by atoms with Gasteiger partial charge in [-0.05, 0) is 35.7 Å². The summed E-state index contributed by atoms with van der Waals surface area (Å²) in [6.45, 7) is 3.10. The molecule has 3 heterocycles. The lowest BCUT2D eigenvalue weighted by Crippen LogP contribution is -2.47. The van der Waals surface area contributed by atoms with Gasteiger partial charge in [0.25, 0.3) is 0 Å². The number of aromatic nitrogens is 1. The predicted octanol–water partition coefficient (Wildman–Crippen LogP) is 1.83. The third-order valence-electron chi connectivity index (χ3n) is 5.41. The fraction of sp³-hybridized carbons (Fsp3) is 0.421. The molecule has 138 valence electrons. The summed E-state index contributed by atoms with van der Waals surface area (Å²) in [5.41, 5.74) is 1.61. The second-order valence-corrected chi connectivity index (χ2v) is 8.74. The lowest BCUT2D eigenvalue weighted by Gasteiger charge is -2.34. The number of nitrogens with zero attached hydrogens (tertiary/aromatic N) is 3. The largest absolute Gasteiger partial charge is 0.383 e. The third kappa shape index (κ3) is 2.75. The topological polar surface area (TPSA) is 62.7 Å². The summed E-state index contributed by atoms with van der Waals surface area (Å²) in [6, 6.07) is 11.4. The first-order chi connectivity index (χ1) is 12.6. The summed E-state index contributed by atoms with van der Waals surface area (Å²) < 4.78 is 33.2. The van der Waals surface area contributed by atoms with Gasteiger partial charge in [0.05, 0.1) is 17.0 Å². The van der Waals surface area contributed by atoms with Gasteiger partial charge in [-0.2, -0.15) is 4.31 Å². The number of fused-ring (bicyclic) bond motifs is 2. The summed E-state index contributed by atoms with van der Waals surface area (Å²) in [4.78, 5) is 6.84. The zero-order valence-electron chi connectivity index (χ0n) is 14.8. The molecule has 26 heavy (non-hydrogen) atoms. The minimum Gasteiger partial charge on any atom is -0.383 e. The molecule has 1 aromatic heterocycles. The fourth-order valence-corrected chi connectivity index (χ4v) is 6.29. The van der Waals surface area contributed by atoms with Gasteiger partial charge in [0, 0.05) is 45.7 Å². The number of benzene rings is 1. The molecule has 1 atom stereocenters. The lowest BCUT2D eigenvalue weighted by molar-refractivity contribution is 0.129. The van der Waals surface area contributed by atoms with Crippen molar-refractivity contribution in [1.82, 2.24) is 14.2 Å². The molecule has 0 saturated carbocycles. The van der Waals surface area contributed by atoms with Crippen LogP contribution in [0.15, 0.2) is 53.7 Å². The number of ether oxygens (including phenoxy) is 1. The van der Waals surface area contributed by atoms with Crippen molar-refractivity contribution in [3.8, 4) is 0 Å². The molecule has 6 nitrogen and oxygen atoms in total. The Morgan fingerprint density at radius 2 is 1.96 bits per heavy atom. The summed E-state index contributed by atoms with van der Waals surface area (Å²) >= 11 is 0. The highest BCUT2D eigenvalue weighted by Crippen LogP contribution is 2.49. The molecule has 0 bridgehead atoms. The highest BCUT2D eigenvalue weighted by Gasteiger charge is 2.56. The molecule has 1 unspecified atom stereocenters. The van der Waals surface area contributed by atoms with E-state index in [4.69, 9.17) is 4.74 Å². The highest BCUT2D eigenvalue weighted by molar-refractivity contribution is 7.89. The standard InChI is InChI=1S/C19H23N3O3S/c1-25-13-12-22-19(17-4-2-3-5-18(17)26(22,23)24)8-11-21(15-19)14-16-6-9-20-10-7-16/h2-7,9-10H,8,11-15H2,1H3. The number of hydrogen-bond donors (Lipinski definition) is 0. The van der Waals surface area contributed by atoms with Crippen LogP contribution in [-0.2, 0) is 26.8 Å². The second kappa shape index (κ2) is 6.74. The Labute approximate surface area is 154 Å². The molecule has 0 aliphatic carbocycles. The Kier molecular flexibility index (Phi) is 4.56. The van der Waals surface area contributed by atoms with Gasteiger partial charge in [-0.3, -0.25) is 9.88 Å². The van der Waals surface area contributed by atoms with E-state index in [0.29, 0.717) is 24.6 Å². The van der Waals surface area contributed by atoms with E-state index in [0.717, 1.165) is 25.1 Å². The van der Waals surface area contributed by atoms with Gasteiger partial charge in [0.1, 0.15) is 0 Å². The van der Waals surface area contributed by atoms with Gasteiger partial charge >= 0.3 is 0 Å². The van der Waals surface area contributed by atoms with Crippen LogP contribution in [0.1, 0.15) is 17.5 Å².